The van der Waals surface area contributed by atoms with Crippen LogP contribution in [0.2, 0.25) is 15.1 Å². The summed E-state index contributed by atoms with van der Waals surface area (Å²) >= 11 is 17.7. The molecule has 1 atom stereocenters. The van der Waals surface area contributed by atoms with Crippen LogP contribution in [-0.4, -0.2) is 12.5 Å². The van der Waals surface area contributed by atoms with Gasteiger partial charge in [-0.05, 0) is 42.8 Å². The van der Waals surface area contributed by atoms with Gasteiger partial charge in [-0.25, -0.2) is 0 Å². The molecule has 0 saturated heterocycles. The van der Waals surface area contributed by atoms with E-state index in [9.17, 15) is 4.79 Å². The van der Waals surface area contributed by atoms with Gasteiger partial charge in [-0.1, -0.05) is 46.9 Å². The van der Waals surface area contributed by atoms with Gasteiger partial charge in [0.05, 0.1) is 17.3 Å². The fourth-order valence-electron chi connectivity index (χ4n) is 1.90. The second-order valence-corrected chi connectivity index (χ2v) is 6.11. The van der Waals surface area contributed by atoms with Crippen molar-refractivity contribution in [1.29, 1.82) is 0 Å². The maximum absolute atomic E-state index is 12.0. The first kappa shape index (κ1) is 17.1. The summed E-state index contributed by atoms with van der Waals surface area (Å²) in [6.45, 7) is 2.15. The Hall–Kier alpha value is -1.26. The topological polar surface area (TPSA) is 41.1 Å². The number of rotatable bonds is 5. The molecule has 0 bridgehead atoms. The summed E-state index contributed by atoms with van der Waals surface area (Å²) in [5.41, 5.74) is 1.60. The lowest BCUT2D eigenvalue weighted by Crippen LogP contribution is -2.30. The highest BCUT2D eigenvalue weighted by molar-refractivity contribution is 6.36. The molecule has 3 nitrogen and oxygen atoms in total. The average molecular weight is 358 g/mol. The molecule has 0 unspecified atom stereocenters. The van der Waals surface area contributed by atoms with Crippen molar-refractivity contribution in [2.75, 3.05) is 11.9 Å². The Morgan fingerprint density at radius 1 is 1.05 bits per heavy atom. The molecule has 1 amide bonds. The van der Waals surface area contributed by atoms with E-state index < -0.39 is 0 Å². The van der Waals surface area contributed by atoms with E-state index in [2.05, 4.69) is 10.6 Å². The van der Waals surface area contributed by atoms with Crippen LogP contribution in [0.1, 0.15) is 18.5 Å². The van der Waals surface area contributed by atoms with Gasteiger partial charge >= 0.3 is 0 Å². The van der Waals surface area contributed by atoms with Crippen molar-refractivity contribution in [3.8, 4) is 0 Å². The summed E-state index contributed by atoms with van der Waals surface area (Å²) in [6.07, 6.45) is 0. The van der Waals surface area contributed by atoms with Crippen LogP contribution in [0.5, 0.6) is 0 Å². The fourth-order valence-corrected chi connectivity index (χ4v) is 2.48. The molecule has 0 aliphatic rings. The number of hydrogen-bond acceptors (Lipinski definition) is 2. The molecule has 2 aromatic carbocycles. The van der Waals surface area contributed by atoms with Crippen LogP contribution in [0.3, 0.4) is 0 Å². The zero-order valence-corrected chi connectivity index (χ0v) is 14.1. The van der Waals surface area contributed by atoms with E-state index in [1.807, 2.05) is 31.2 Å². The van der Waals surface area contributed by atoms with Gasteiger partial charge in [0.2, 0.25) is 5.91 Å². The number of benzene rings is 2. The first-order valence-corrected chi connectivity index (χ1v) is 7.83. The molecule has 0 spiro atoms. The van der Waals surface area contributed by atoms with Crippen LogP contribution >= 0.6 is 34.8 Å². The van der Waals surface area contributed by atoms with Gasteiger partial charge in [0.25, 0.3) is 0 Å². The summed E-state index contributed by atoms with van der Waals surface area (Å²) in [4.78, 5) is 12.0. The van der Waals surface area contributed by atoms with Crippen molar-refractivity contribution in [2.24, 2.45) is 0 Å². The van der Waals surface area contributed by atoms with E-state index in [1.165, 1.54) is 0 Å². The zero-order valence-electron chi connectivity index (χ0n) is 11.9. The summed E-state index contributed by atoms with van der Waals surface area (Å²) in [5.74, 6) is -0.176. The largest absolute Gasteiger partial charge is 0.324 e. The third-order valence-corrected chi connectivity index (χ3v) is 3.94. The van der Waals surface area contributed by atoms with Crippen LogP contribution < -0.4 is 10.6 Å². The molecular formula is C16H15Cl3N2O. The van der Waals surface area contributed by atoms with Crippen molar-refractivity contribution in [1.82, 2.24) is 5.32 Å². The lowest BCUT2D eigenvalue weighted by molar-refractivity contribution is -0.115. The molecular weight excluding hydrogens is 343 g/mol. The lowest BCUT2D eigenvalue weighted by Gasteiger charge is -2.14. The average Bonchev–Trinajstić information content (AvgIpc) is 2.48. The van der Waals surface area contributed by atoms with Crippen LogP contribution in [0.25, 0.3) is 0 Å². The van der Waals surface area contributed by atoms with Crippen molar-refractivity contribution in [3.63, 3.8) is 0 Å². The zero-order chi connectivity index (χ0) is 16.1. The van der Waals surface area contributed by atoms with Gasteiger partial charge in [-0.3, -0.25) is 4.79 Å². The highest BCUT2D eigenvalue weighted by Gasteiger charge is 2.09. The minimum atomic E-state index is -0.176. The lowest BCUT2D eigenvalue weighted by atomic mass is 10.1. The van der Waals surface area contributed by atoms with Gasteiger partial charge in [0.15, 0.2) is 0 Å². The monoisotopic (exact) mass is 356 g/mol. The molecule has 2 N–H and O–H groups in total. The molecule has 2 aromatic rings. The molecule has 0 aliphatic carbocycles. The van der Waals surface area contributed by atoms with E-state index in [0.717, 1.165) is 5.56 Å². The predicted octanol–water partition coefficient (Wildman–Crippen LogP) is 4.94. The van der Waals surface area contributed by atoms with Gasteiger partial charge in [0.1, 0.15) is 0 Å². The fraction of sp³-hybridized carbons (Fsp3) is 0.188. The summed E-state index contributed by atoms with van der Waals surface area (Å²) in [7, 11) is 0. The maximum Gasteiger partial charge on any atom is 0.238 e. The van der Waals surface area contributed by atoms with E-state index >= 15 is 0 Å². The van der Waals surface area contributed by atoms with E-state index in [1.54, 1.807) is 18.2 Å². The van der Waals surface area contributed by atoms with Gasteiger partial charge < -0.3 is 10.6 Å². The minimum absolute atomic E-state index is 0.0312. The second kappa shape index (κ2) is 7.84. The van der Waals surface area contributed by atoms with Crippen molar-refractivity contribution in [2.45, 2.75) is 13.0 Å². The third-order valence-electron chi connectivity index (χ3n) is 3.14. The maximum atomic E-state index is 12.0. The highest BCUT2D eigenvalue weighted by atomic mass is 35.5. The van der Waals surface area contributed by atoms with Gasteiger partial charge in [0, 0.05) is 16.1 Å². The molecule has 0 aliphatic heterocycles. The van der Waals surface area contributed by atoms with E-state index in [0.29, 0.717) is 20.8 Å². The van der Waals surface area contributed by atoms with Crippen LogP contribution in [0.4, 0.5) is 5.69 Å². The number of carbonyl (C=O) groups excluding carboxylic acids is 1. The Morgan fingerprint density at radius 2 is 1.68 bits per heavy atom. The molecule has 6 heteroatoms. The van der Waals surface area contributed by atoms with Gasteiger partial charge in [-0.15, -0.1) is 0 Å². The quantitative estimate of drug-likeness (QED) is 0.796. The molecule has 22 heavy (non-hydrogen) atoms. The number of carbonyl (C=O) groups is 1. The number of halogens is 3. The molecule has 0 heterocycles. The first-order valence-electron chi connectivity index (χ1n) is 6.69. The summed E-state index contributed by atoms with van der Waals surface area (Å²) in [6, 6.07) is 12.5. The SMILES string of the molecule is C[C@@H](NCC(=O)Nc1ccc(Cl)cc1Cl)c1ccc(Cl)cc1. The summed E-state index contributed by atoms with van der Waals surface area (Å²) < 4.78 is 0. The standard InChI is InChI=1S/C16H15Cl3N2O/c1-10(11-2-4-12(17)5-3-11)20-9-16(22)21-15-7-6-13(18)8-14(15)19/h2-8,10,20H,9H2,1H3,(H,21,22)/t10-/m1/s1. The Morgan fingerprint density at radius 3 is 2.32 bits per heavy atom. The molecule has 116 valence electrons. The first-order chi connectivity index (χ1) is 10.5. The molecule has 0 aromatic heterocycles. The molecule has 0 fully saturated rings. The van der Waals surface area contributed by atoms with E-state index in [-0.39, 0.29) is 18.5 Å². The Labute approximate surface area is 144 Å². The number of amides is 1. The summed E-state index contributed by atoms with van der Waals surface area (Å²) in [5, 5.41) is 7.51. The molecule has 0 radical (unpaired) electrons. The van der Waals surface area contributed by atoms with Crippen LogP contribution in [0, 0.1) is 0 Å². The second-order valence-electron chi connectivity index (χ2n) is 4.83. The van der Waals surface area contributed by atoms with Crippen molar-refractivity contribution < 1.29 is 4.79 Å². The smallest absolute Gasteiger partial charge is 0.238 e. The van der Waals surface area contributed by atoms with Crippen molar-refractivity contribution >= 4 is 46.4 Å². The van der Waals surface area contributed by atoms with E-state index in [4.69, 9.17) is 34.8 Å². The number of hydrogen-bond donors (Lipinski definition) is 2. The molecule has 0 saturated carbocycles. The minimum Gasteiger partial charge on any atom is -0.324 e. The Kier molecular flexibility index (Phi) is 6.09. The van der Waals surface area contributed by atoms with Crippen LogP contribution in [-0.2, 0) is 4.79 Å². The highest BCUT2D eigenvalue weighted by Crippen LogP contribution is 2.25. The number of anilines is 1. The Bertz CT molecular complexity index is 659. The van der Waals surface area contributed by atoms with Gasteiger partial charge in [-0.2, -0.15) is 0 Å². The number of nitrogens with one attached hydrogen (secondary N) is 2. The van der Waals surface area contributed by atoms with Crippen LogP contribution in [0.15, 0.2) is 42.5 Å². The van der Waals surface area contributed by atoms with Crippen molar-refractivity contribution in [3.05, 3.63) is 63.1 Å². The third kappa shape index (κ3) is 4.89. The Balaban J connectivity index is 1.88. The molecule has 2 rings (SSSR count). The predicted molar refractivity (Wildman–Crippen MR) is 93.0 cm³/mol. The normalized spacial score (nSPS) is 12.0.